The largest absolute Gasteiger partial charge is 0.347 e. The van der Waals surface area contributed by atoms with Crippen molar-refractivity contribution in [3.63, 3.8) is 0 Å². The molecule has 2 aromatic rings. The van der Waals surface area contributed by atoms with Crippen LogP contribution in [0.1, 0.15) is 58.1 Å². The number of rotatable bonds is 3. The summed E-state index contributed by atoms with van der Waals surface area (Å²) in [6.45, 7) is 9.27. The molecule has 3 aliphatic rings. The molecule has 0 saturated heterocycles. The Hall–Kier alpha value is -2.55. The third-order valence-electron chi connectivity index (χ3n) is 8.37. The Labute approximate surface area is 216 Å². The number of anilines is 1. The molecule has 5 rings (SSSR count). The van der Waals surface area contributed by atoms with Gasteiger partial charge in [0.15, 0.2) is 6.04 Å². The fourth-order valence-electron chi connectivity index (χ4n) is 6.32. The fourth-order valence-corrected chi connectivity index (χ4v) is 6.64. The standard InChI is InChI=1S/C32H37ClN2/c1-31(2)24-14-7-9-16-26(24)34(5)28(31)20-18-22-12-11-13-23(30(22)33)19-21-29-32(3,4)25-15-8-10-17-27(25)35(29)6/h7-10,14-21,34H,11-13H2,1-6H3/q+1/b20-18+,23-19+,29-21+. The maximum Gasteiger partial charge on any atom is 0.191 e. The third-order valence-corrected chi connectivity index (χ3v) is 8.86. The van der Waals surface area contributed by atoms with E-state index in [1.54, 1.807) is 0 Å². The topological polar surface area (TPSA) is 7.68 Å². The normalized spacial score (nSPS) is 25.7. The number of nitrogens with zero attached hydrogens (tertiary/aromatic N) is 1. The number of fused-ring (bicyclic) bond motifs is 2. The lowest BCUT2D eigenvalue weighted by molar-refractivity contribution is -0.788. The summed E-state index contributed by atoms with van der Waals surface area (Å²) in [5.41, 5.74) is 9.24. The van der Waals surface area contributed by atoms with Crippen molar-refractivity contribution in [3.05, 3.63) is 112 Å². The van der Waals surface area contributed by atoms with Gasteiger partial charge in [-0.25, -0.2) is 0 Å². The van der Waals surface area contributed by atoms with Crippen molar-refractivity contribution in [2.45, 2.75) is 57.8 Å². The molecule has 1 N–H and O–H groups in total. The first-order chi connectivity index (χ1) is 16.6. The quantitative estimate of drug-likeness (QED) is 0.487. The Morgan fingerprint density at radius 2 is 1.54 bits per heavy atom. The number of nitrogens with one attached hydrogen (secondary N) is 1. The SMILES string of the molecule is CN1/C(=C/C=C2\CCCC(/C=C/[C]3[NH+](C)c4ccccc4C3(C)C)=C2Cl)C(C)(C)c2ccccc21. The molecular formula is C32H37ClN2+. The first-order valence-electron chi connectivity index (χ1n) is 12.8. The molecule has 1 unspecified atom stereocenters. The van der Waals surface area contributed by atoms with Gasteiger partial charge in [-0.15, -0.1) is 0 Å². The van der Waals surface area contributed by atoms with E-state index < -0.39 is 0 Å². The van der Waals surface area contributed by atoms with Gasteiger partial charge in [-0.05, 0) is 74.1 Å². The van der Waals surface area contributed by atoms with Crippen LogP contribution in [-0.2, 0) is 10.8 Å². The van der Waals surface area contributed by atoms with Crippen molar-refractivity contribution in [2.24, 2.45) is 0 Å². The Bertz CT molecular complexity index is 1270. The van der Waals surface area contributed by atoms with Crippen molar-refractivity contribution in [3.8, 4) is 0 Å². The lowest BCUT2D eigenvalue weighted by atomic mass is 9.80. The van der Waals surface area contributed by atoms with Crippen LogP contribution in [0.15, 0.2) is 94.7 Å². The van der Waals surface area contributed by atoms with E-state index in [1.807, 2.05) is 0 Å². The molecule has 2 nitrogen and oxygen atoms in total. The highest BCUT2D eigenvalue weighted by Crippen LogP contribution is 2.47. The van der Waals surface area contributed by atoms with E-state index in [2.05, 4.69) is 120 Å². The summed E-state index contributed by atoms with van der Waals surface area (Å²) in [7, 11) is 4.42. The summed E-state index contributed by atoms with van der Waals surface area (Å²) in [4.78, 5) is 3.70. The van der Waals surface area contributed by atoms with Crippen molar-refractivity contribution in [1.29, 1.82) is 0 Å². The van der Waals surface area contributed by atoms with Crippen LogP contribution in [0.25, 0.3) is 0 Å². The van der Waals surface area contributed by atoms with E-state index in [0.29, 0.717) is 0 Å². The second-order valence-corrected chi connectivity index (χ2v) is 11.6. The second-order valence-electron chi connectivity index (χ2n) is 11.2. The highest BCUT2D eigenvalue weighted by Gasteiger charge is 2.47. The number of hydrogen-bond donors (Lipinski definition) is 1. The van der Waals surface area contributed by atoms with E-state index in [0.717, 1.165) is 24.3 Å². The highest BCUT2D eigenvalue weighted by atomic mass is 35.5. The summed E-state index contributed by atoms with van der Waals surface area (Å²) in [5.74, 6) is 0. The molecular weight excluding hydrogens is 448 g/mol. The van der Waals surface area contributed by atoms with Gasteiger partial charge in [-0.1, -0.05) is 74.0 Å². The summed E-state index contributed by atoms with van der Waals surface area (Å²) in [6, 6.07) is 18.9. The van der Waals surface area contributed by atoms with E-state index in [4.69, 9.17) is 11.6 Å². The van der Waals surface area contributed by atoms with Crippen LogP contribution in [0.3, 0.4) is 0 Å². The Morgan fingerprint density at radius 1 is 0.857 bits per heavy atom. The number of hydrogen-bond acceptors (Lipinski definition) is 1. The summed E-state index contributed by atoms with van der Waals surface area (Å²) >= 11 is 7.01. The van der Waals surface area contributed by atoms with Gasteiger partial charge >= 0.3 is 0 Å². The van der Waals surface area contributed by atoms with Crippen LogP contribution in [0, 0.1) is 6.04 Å². The predicted molar refractivity (Wildman–Crippen MR) is 149 cm³/mol. The van der Waals surface area contributed by atoms with Gasteiger partial charge in [0.1, 0.15) is 5.69 Å². The third kappa shape index (κ3) is 3.92. The zero-order valence-electron chi connectivity index (χ0n) is 21.9. The molecule has 0 fully saturated rings. The van der Waals surface area contributed by atoms with Crippen molar-refractivity contribution < 1.29 is 4.90 Å². The molecule has 2 heterocycles. The van der Waals surface area contributed by atoms with Crippen LogP contribution in [0.2, 0.25) is 0 Å². The van der Waals surface area contributed by atoms with Crippen molar-refractivity contribution in [1.82, 2.24) is 0 Å². The highest BCUT2D eigenvalue weighted by molar-refractivity contribution is 6.32. The molecule has 3 heteroatoms. The minimum Gasteiger partial charge on any atom is -0.347 e. The zero-order chi connectivity index (χ0) is 25.0. The summed E-state index contributed by atoms with van der Waals surface area (Å²) in [5, 5.41) is 0.923. The minimum absolute atomic E-state index is 0.00954. The van der Waals surface area contributed by atoms with E-state index in [-0.39, 0.29) is 10.8 Å². The monoisotopic (exact) mass is 484 g/mol. The molecule has 0 spiro atoms. The van der Waals surface area contributed by atoms with E-state index in [1.165, 1.54) is 50.3 Å². The molecule has 35 heavy (non-hydrogen) atoms. The molecule has 1 aliphatic carbocycles. The number of quaternary nitrogens is 1. The average molecular weight is 485 g/mol. The van der Waals surface area contributed by atoms with Gasteiger partial charge in [0, 0.05) is 34.4 Å². The lowest BCUT2D eigenvalue weighted by Gasteiger charge is -2.24. The van der Waals surface area contributed by atoms with Gasteiger partial charge in [0.05, 0.1) is 12.5 Å². The van der Waals surface area contributed by atoms with E-state index in [9.17, 15) is 0 Å². The number of benzene rings is 2. The maximum absolute atomic E-state index is 7.01. The van der Waals surface area contributed by atoms with Gasteiger partial charge in [0.25, 0.3) is 0 Å². The average Bonchev–Trinajstić information content (AvgIpc) is 3.16. The van der Waals surface area contributed by atoms with Crippen LogP contribution >= 0.6 is 11.6 Å². The fraction of sp³-hybridized carbons (Fsp3) is 0.344. The molecule has 2 aliphatic heterocycles. The second kappa shape index (κ2) is 8.84. The predicted octanol–water partition coefficient (Wildman–Crippen LogP) is 7.13. The molecule has 0 aromatic heterocycles. The molecule has 0 saturated carbocycles. The summed E-state index contributed by atoms with van der Waals surface area (Å²) < 4.78 is 0. The van der Waals surface area contributed by atoms with Gasteiger partial charge in [-0.3, -0.25) is 4.90 Å². The Balaban J connectivity index is 1.43. The molecule has 181 valence electrons. The number of likely N-dealkylation sites (N-methyl/N-ethyl adjacent to an activating group) is 2. The zero-order valence-corrected chi connectivity index (χ0v) is 22.6. The molecule has 2 aromatic carbocycles. The number of halogens is 1. The van der Waals surface area contributed by atoms with Crippen molar-refractivity contribution in [2.75, 3.05) is 19.0 Å². The molecule has 0 bridgehead atoms. The van der Waals surface area contributed by atoms with Crippen LogP contribution < -0.4 is 9.80 Å². The van der Waals surface area contributed by atoms with Gasteiger partial charge < -0.3 is 4.90 Å². The van der Waals surface area contributed by atoms with Crippen LogP contribution in [0.4, 0.5) is 11.4 Å². The smallest absolute Gasteiger partial charge is 0.191 e. The van der Waals surface area contributed by atoms with Crippen LogP contribution in [0.5, 0.6) is 0 Å². The van der Waals surface area contributed by atoms with Gasteiger partial charge in [0.2, 0.25) is 0 Å². The summed E-state index contributed by atoms with van der Waals surface area (Å²) in [6.07, 6.45) is 12.3. The molecule has 0 amide bonds. The number of allylic oxidation sites excluding steroid dienone is 7. The van der Waals surface area contributed by atoms with Gasteiger partial charge in [-0.2, -0.15) is 0 Å². The first kappa shape index (κ1) is 24.2. The Kier molecular flexibility index (Phi) is 6.10. The molecule has 1 radical (unpaired) electrons. The molecule has 1 atom stereocenters. The lowest BCUT2D eigenvalue weighted by Crippen LogP contribution is -3.03. The van der Waals surface area contributed by atoms with E-state index >= 15 is 0 Å². The maximum atomic E-state index is 7.01. The van der Waals surface area contributed by atoms with Crippen molar-refractivity contribution >= 4 is 23.0 Å². The number of para-hydroxylation sites is 2. The minimum atomic E-state index is -0.0247. The van der Waals surface area contributed by atoms with Crippen LogP contribution in [-0.4, -0.2) is 14.1 Å². The Morgan fingerprint density at radius 3 is 2.26 bits per heavy atom. The first-order valence-corrected chi connectivity index (χ1v) is 13.1.